The molecule has 2 N–H and O–H groups in total. The van der Waals surface area contributed by atoms with E-state index in [1.807, 2.05) is 0 Å². The van der Waals surface area contributed by atoms with E-state index in [0.29, 0.717) is 12.6 Å². The molecule has 1 fully saturated rings. The number of nitrogens with zero attached hydrogens (tertiary/aromatic N) is 1. The molecule has 0 amide bonds. The van der Waals surface area contributed by atoms with Crippen molar-refractivity contribution in [2.45, 2.75) is 13.0 Å². The van der Waals surface area contributed by atoms with Crippen molar-refractivity contribution in [2.75, 3.05) is 32.8 Å². The Morgan fingerprint density at radius 2 is 2.00 bits per heavy atom. The predicted octanol–water partition coefficient (Wildman–Crippen LogP) is 1.33. The lowest BCUT2D eigenvalue weighted by molar-refractivity contribution is 0.0178. The Labute approximate surface area is 97.2 Å². The molecule has 1 aromatic rings. The van der Waals surface area contributed by atoms with Crippen LogP contribution in [0, 0.1) is 6.92 Å². The molecular formula is C13H20N2O. The third-order valence-corrected chi connectivity index (χ3v) is 3.26. The summed E-state index contributed by atoms with van der Waals surface area (Å²) >= 11 is 0. The lowest BCUT2D eigenvalue weighted by atomic mass is 10.00. The van der Waals surface area contributed by atoms with Crippen LogP contribution in [0.4, 0.5) is 0 Å². The summed E-state index contributed by atoms with van der Waals surface area (Å²) in [4.78, 5) is 2.42. The summed E-state index contributed by atoms with van der Waals surface area (Å²) in [5.41, 5.74) is 8.60. The Balaban J connectivity index is 2.18. The molecule has 1 atom stereocenters. The average molecular weight is 220 g/mol. The third-order valence-electron chi connectivity index (χ3n) is 3.26. The van der Waals surface area contributed by atoms with Crippen molar-refractivity contribution in [2.24, 2.45) is 5.73 Å². The Hall–Kier alpha value is -0.900. The van der Waals surface area contributed by atoms with E-state index in [-0.39, 0.29) is 0 Å². The van der Waals surface area contributed by atoms with Gasteiger partial charge in [0.15, 0.2) is 0 Å². The highest BCUT2D eigenvalue weighted by atomic mass is 16.5. The number of morpholine rings is 1. The second kappa shape index (κ2) is 5.43. The van der Waals surface area contributed by atoms with Gasteiger partial charge in [-0.3, -0.25) is 4.90 Å². The van der Waals surface area contributed by atoms with Crippen LogP contribution in [0.2, 0.25) is 0 Å². The van der Waals surface area contributed by atoms with E-state index >= 15 is 0 Å². The molecule has 0 aliphatic carbocycles. The van der Waals surface area contributed by atoms with Crippen molar-refractivity contribution < 1.29 is 4.74 Å². The minimum Gasteiger partial charge on any atom is -0.379 e. The molecule has 1 unspecified atom stereocenters. The third kappa shape index (κ3) is 2.43. The summed E-state index contributed by atoms with van der Waals surface area (Å²) in [6.07, 6.45) is 0. The summed E-state index contributed by atoms with van der Waals surface area (Å²) in [5.74, 6) is 0. The molecule has 1 aliphatic rings. The minimum absolute atomic E-state index is 0.338. The number of nitrogens with two attached hydrogens (primary N) is 1. The Morgan fingerprint density at radius 3 is 2.62 bits per heavy atom. The molecule has 1 heterocycles. The fraction of sp³-hybridized carbons (Fsp3) is 0.538. The summed E-state index contributed by atoms with van der Waals surface area (Å²) in [7, 11) is 0. The first-order valence-electron chi connectivity index (χ1n) is 5.90. The van der Waals surface area contributed by atoms with Crippen LogP contribution in [-0.2, 0) is 4.74 Å². The van der Waals surface area contributed by atoms with Gasteiger partial charge in [-0.2, -0.15) is 0 Å². The smallest absolute Gasteiger partial charge is 0.0594 e. The monoisotopic (exact) mass is 220 g/mol. The van der Waals surface area contributed by atoms with Crippen LogP contribution in [-0.4, -0.2) is 37.7 Å². The second-order valence-corrected chi connectivity index (χ2v) is 4.26. The molecule has 0 bridgehead atoms. The number of aryl methyl sites for hydroxylation is 1. The largest absolute Gasteiger partial charge is 0.379 e. The fourth-order valence-electron chi connectivity index (χ4n) is 2.32. The zero-order chi connectivity index (χ0) is 11.4. The van der Waals surface area contributed by atoms with Crippen molar-refractivity contribution in [3.05, 3.63) is 35.4 Å². The highest BCUT2D eigenvalue weighted by Gasteiger charge is 2.22. The van der Waals surface area contributed by atoms with Crippen LogP contribution in [0.25, 0.3) is 0 Å². The number of rotatable bonds is 3. The summed E-state index contributed by atoms with van der Waals surface area (Å²) < 4.78 is 5.38. The minimum atomic E-state index is 0.338. The van der Waals surface area contributed by atoms with Crippen molar-refractivity contribution in [1.29, 1.82) is 0 Å². The van der Waals surface area contributed by atoms with Crippen LogP contribution in [0.5, 0.6) is 0 Å². The standard InChI is InChI=1S/C13H20N2O/c1-11-4-2-3-5-12(11)13(10-14)15-6-8-16-9-7-15/h2-5,13H,6-10,14H2,1H3. The Bertz CT molecular complexity index is 334. The molecule has 1 aliphatic heterocycles. The van der Waals surface area contributed by atoms with Gasteiger partial charge in [0.2, 0.25) is 0 Å². The van der Waals surface area contributed by atoms with Gasteiger partial charge >= 0.3 is 0 Å². The first-order chi connectivity index (χ1) is 7.83. The molecule has 16 heavy (non-hydrogen) atoms. The number of hydrogen-bond acceptors (Lipinski definition) is 3. The first-order valence-corrected chi connectivity index (χ1v) is 5.90. The van der Waals surface area contributed by atoms with Gasteiger partial charge in [-0.15, -0.1) is 0 Å². The normalized spacial score (nSPS) is 19.6. The van der Waals surface area contributed by atoms with Crippen molar-refractivity contribution in [1.82, 2.24) is 4.90 Å². The molecule has 2 rings (SSSR count). The molecule has 88 valence electrons. The molecule has 0 spiro atoms. The van der Waals surface area contributed by atoms with E-state index in [0.717, 1.165) is 26.3 Å². The lowest BCUT2D eigenvalue weighted by Gasteiger charge is -2.34. The van der Waals surface area contributed by atoms with E-state index in [2.05, 4.69) is 36.1 Å². The van der Waals surface area contributed by atoms with E-state index in [1.165, 1.54) is 11.1 Å². The lowest BCUT2D eigenvalue weighted by Crippen LogP contribution is -2.42. The zero-order valence-electron chi connectivity index (χ0n) is 9.86. The van der Waals surface area contributed by atoms with E-state index in [9.17, 15) is 0 Å². The summed E-state index contributed by atoms with van der Waals surface area (Å²) in [6.45, 7) is 6.43. The Morgan fingerprint density at radius 1 is 1.31 bits per heavy atom. The molecule has 3 nitrogen and oxygen atoms in total. The maximum Gasteiger partial charge on any atom is 0.0594 e. The van der Waals surface area contributed by atoms with Gasteiger partial charge in [0, 0.05) is 25.7 Å². The van der Waals surface area contributed by atoms with Gasteiger partial charge in [-0.05, 0) is 18.1 Å². The van der Waals surface area contributed by atoms with Crippen molar-refractivity contribution in [3.63, 3.8) is 0 Å². The quantitative estimate of drug-likeness (QED) is 0.835. The number of benzene rings is 1. The van der Waals surface area contributed by atoms with Crippen molar-refractivity contribution in [3.8, 4) is 0 Å². The number of ether oxygens (including phenoxy) is 1. The Kier molecular flexibility index (Phi) is 3.93. The first kappa shape index (κ1) is 11.6. The predicted molar refractivity (Wildman–Crippen MR) is 65.4 cm³/mol. The molecule has 0 saturated carbocycles. The van der Waals surface area contributed by atoms with Gasteiger partial charge in [-0.25, -0.2) is 0 Å². The van der Waals surface area contributed by atoms with Crippen LogP contribution in [0.15, 0.2) is 24.3 Å². The van der Waals surface area contributed by atoms with Crippen molar-refractivity contribution >= 4 is 0 Å². The van der Waals surface area contributed by atoms with E-state index in [4.69, 9.17) is 10.5 Å². The molecule has 0 radical (unpaired) electrons. The van der Waals surface area contributed by atoms with Gasteiger partial charge in [0.25, 0.3) is 0 Å². The highest BCUT2D eigenvalue weighted by molar-refractivity contribution is 5.29. The topological polar surface area (TPSA) is 38.5 Å². The molecule has 0 aromatic heterocycles. The van der Waals surface area contributed by atoms with Crippen LogP contribution in [0.3, 0.4) is 0 Å². The summed E-state index contributed by atoms with van der Waals surface area (Å²) in [6, 6.07) is 8.84. The molecule has 1 saturated heterocycles. The fourth-order valence-corrected chi connectivity index (χ4v) is 2.32. The highest BCUT2D eigenvalue weighted by Crippen LogP contribution is 2.23. The molecule has 1 aromatic carbocycles. The maximum absolute atomic E-state index is 5.92. The van der Waals surface area contributed by atoms with Gasteiger partial charge in [0.05, 0.1) is 13.2 Å². The van der Waals surface area contributed by atoms with Gasteiger partial charge < -0.3 is 10.5 Å². The van der Waals surface area contributed by atoms with Gasteiger partial charge in [0.1, 0.15) is 0 Å². The maximum atomic E-state index is 5.92. The van der Waals surface area contributed by atoms with Crippen LogP contribution >= 0.6 is 0 Å². The molecule has 3 heteroatoms. The van der Waals surface area contributed by atoms with Crippen LogP contribution in [0.1, 0.15) is 17.2 Å². The van der Waals surface area contributed by atoms with Crippen LogP contribution < -0.4 is 5.73 Å². The molecular weight excluding hydrogens is 200 g/mol. The second-order valence-electron chi connectivity index (χ2n) is 4.26. The SMILES string of the molecule is Cc1ccccc1C(CN)N1CCOCC1. The van der Waals surface area contributed by atoms with E-state index < -0.39 is 0 Å². The average Bonchev–Trinajstić information content (AvgIpc) is 2.34. The number of hydrogen-bond donors (Lipinski definition) is 1. The zero-order valence-corrected chi connectivity index (χ0v) is 9.86. The van der Waals surface area contributed by atoms with Gasteiger partial charge in [-0.1, -0.05) is 24.3 Å². The van der Waals surface area contributed by atoms with E-state index in [1.54, 1.807) is 0 Å². The summed E-state index contributed by atoms with van der Waals surface area (Å²) in [5, 5.41) is 0.